The lowest BCUT2D eigenvalue weighted by molar-refractivity contribution is 1.24. The highest BCUT2D eigenvalue weighted by molar-refractivity contribution is 6.84. The summed E-state index contributed by atoms with van der Waals surface area (Å²) in [4.78, 5) is 0. The van der Waals surface area contributed by atoms with Gasteiger partial charge in [-0.05, 0) is 18.9 Å². The van der Waals surface area contributed by atoms with Gasteiger partial charge in [-0.25, -0.2) is 0 Å². The fourth-order valence-electron chi connectivity index (χ4n) is 1.61. The summed E-state index contributed by atoms with van der Waals surface area (Å²) in [6.45, 7) is 13.3. The van der Waals surface area contributed by atoms with Crippen LogP contribution >= 0.6 is 0 Å². The first-order valence-corrected chi connectivity index (χ1v) is 7.99. The van der Waals surface area contributed by atoms with Gasteiger partial charge in [0.05, 0.1) is 8.07 Å². The number of hydrogen-bond acceptors (Lipinski definition) is 0. The van der Waals surface area contributed by atoms with E-state index in [0.717, 1.165) is 6.42 Å². The SMILES string of the molecule is C=C(C)C1=C([Si](C)(C)C)C=CC1. The number of rotatable bonds is 2. The van der Waals surface area contributed by atoms with Crippen LogP contribution in [0.5, 0.6) is 0 Å². The van der Waals surface area contributed by atoms with Crippen LogP contribution in [0.25, 0.3) is 0 Å². The number of allylic oxidation sites excluding steroid dienone is 5. The fourth-order valence-corrected chi connectivity index (χ4v) is 3.45. The normalized spacial score (nSPS) is 17.3. The van der Waals surface area contributed by atoms with E-state index in [2.05, 4.69) is 45.3 Å². The molecular weight excluding hydrogens is 160 g/mol. The van der Waals surface area contributed by atoms with Gasteiger partial charge in [0.25, 0.3) is 0 Å². The van der Waals surface area contributed by atoms with E-state index in [1.807, 2.05) is 0 Å². The molecule has 0 radical (unpaired) electrons. The molecule has 0 unspecified atom stereocenters. The van der Waals surface area contributed by atoms with E-state index in [-0.39, 0.29) is 0 Å². The molecule has 0 amide bonds. The van der Waals surface area contributed by atoms with Crippen LogP contribution in [0.15, 0.2) is 35.1 Å². The second-order valence-corrected chi connectivity index (χ2v) is 9.57. The van der Waals surface area contributed by atoms with Gasteiger partial charge in [0.15, 0.2) is 0 Å². The molecule has 0 bridgehead atoms. The lowest BCUT2D eigenvalue weighted by atomic mass is 10.1. The van der Waals surface area contributed by atoms with Gasteiger partial charge in [-0.3, -0.25) is 0 Å². The average Bonchev–Trinajstić information content (AvgIpc) is 2.30. The Balaban J connectivity index is 3.06. The van der Waals surface area contributed by atoms with Crippen molar-refractivity contribution in [2.45, 2.75) is 33.0 Å². The monoisotopic (exact) mass is 178 g/mol. The van der Waals surface area contributed by atoms with Gasteiger partial charge in [0.2, 0.25) is 0 Å². The van der Waals surface area contributed by atoms with Gasteiger partial charge in [-0.1, -0.05) is 49.1 Å². The smallest absolute Gasteiger partial charge is 0.0779 e. The Bertz CT molecular complexity index is 261. The lowest BCUT2D eigenvalue weighted by Gasteiger charge is -2.19. The van der Waals surface area contributed by atoms with Crippen molar-refractivity contribution in [3.8, 4) is 0 Å². The van der Waals surface area contributed by atoms with Crippen LogP contribution in [0.4, 0.5) is 0 Å². The Kier molecular flexibility index (Phi) is 2.43. The van der Waals surface area contributed by atoms with Crippen molar-refractivity contribution >= 4 is 8.07 Å². The molecule has 0 spiro atoms. The first-order chi connectivity index (χ1) is 5.43. The second kappa shape index (κ2) is 3.06. The molecule has 0 aromatic carbocycles. The third-order valence-corrected chi connectivity index (χ3v) is 4.34. The maximum atomic E-state index is 4.03. The fraction of sp³-hybridized carbons (Fsp3) is 0.455. The molecule has 0 atom stereocenters. The Labute approximate surface area is 76.7 Å². The summed E-state index contributed by atoms with van der Waals surface area (Å²) in [5, 5.41) is 1.59. The molecule has 0 saturated carbocycles. The summed E-state index contributed by atoms with van der Waals surface area (Å²) in [7, 11) is -1.12. The highest BCUT2D eigenvalue weighted by Gasteiger charge is 2.23. The zero-order chi connectivity index (χ0) is 9.35. The minimum Gasteiger partial charge on any atom is -0.0958 e. The predicted octanol–water partition coefficient (Wildman–Crippen LogP) is 3.70. The molecule has 12 heavy (non-hydrogen) atoms. The third kappa shape index (κ3) is 1.78. The Morgan fingerprint density at radius 1 is 1.42 bits per heavy atom. The maximum Gasteiger partial charge on any atom is 0.0779 e. The highest BCUT2D eigenvalue weighted by atomic mass is 28.3. The molecule has 0 nitrogen and oxygen atoms in total. The van der Waals surface area contributed by atoms with E-state index in [1.165, 1.54) is 11.1 Å². The molecule has 0 aliphatic heterocycles. The van der Waals surface area contributed by atoms with E-state index in [1.54, 1.807) is 5.20 Å². The van der Waals surface area contributed by atoms with Crippen LogP contribution in [0.2, 0.25) is 19.6 Å². The molecule has 1 aliphatic rings. The van der Waals surface area contributed by atoms with E-state index >= 15 is 0 Å². The summed E-state index contributed by atoms with van der Waals surface area (Å²) in [6, 6.07) is 0. The molecule has 0 fully saturated rings. The molecule has 0 saturated heterocycles. The van der Waals surface area contributed by atoms with Crippen molar-refractivity contribution in [1.82, 2.24) is 0 Å². The first-order valence-electron chi connectivity index (χ1n) is 4.49. The Hall–Kier alpha value is -0.563. The summed E-state index contributed by atoms with van der Waals surface area (Å²) in [5.41, 5.74) is 2.74. The molecule has 0 N–H and O–H groups in total. The third-order valence-electron chi connectivity index (χ3n) is 2.25. The maximum absolute atomic E-state index is 4.03. The standard InChI is InChI=1S/C11H18Si/c1-9(2)10-7-6-8-11(10)12(3,4)5/h6,8H,1,7H2,2-5H3. The van der Waals surface area contributed by atoms with Gasteiger partial charge < -0.3 is 0 Å². The minimum absolute atomic E-state index is 1.11. The van der Waals surface area contributed by atoms with Crippen LogP contribution in [0, 0.1) is 0 Å². The lowest BCUT2D eigenvalue weighted by Crippen LogP contribution is -2.23. The van der Waals surface area contributed by atoms with E-state index in [0.29, 0.717) is 0 Å². The highest BCUT2D eigenvalue weighted by Crippen LogP contribution is 2.30. The van der Waals surface area contributed by atoms with E-state index in [4.69, 9.17) is 0 Å². The minimum atomic E-state index is -1.12. The summed E-state index contributed by atoms with van der Waals surface area (Å²) < 4.78 is 0. The second-order valence-electron chi connectivity index (χ2n) is 4.53. The van der Waals surface area contributed by atoms with Crippen molar-refractivity contribution in [1.29, 1.82) is 0 Å². The van der Waals surface area contributed by atoms with Crippen molar-refractivity contribution in [3.05, 3.63) is 35.1 Å². The van der Waals surface area contributed by atoms with Gasteiger partial charge in [0, 0.05) is 0 Å². The Morgan fingerprint density at radius 3 is 2.33 bits per heavy atom. The average molecular weight is 178 g/mol. The molecule has 1 rings (SSSR count). The van der Waals surface area contributed by atoms with E-state index < -0.39 is 8.07 Å². The van der Waals surface area contributed by atoms with Crippen LogP contribution < -0.4 is 0 Å². The van der Waals surface area contributed by atoms with Gasteiger partial charge >= 0.3 is 0 Å². The number of hydrogen-bond donors (Lipinski definition) is 0. The van der Waals surface area contributed by atoms with Gasteiger partial charge in [0.1, 0.15) is 0 Å². The zero-order valence-electron chi connectivity index (χ0n) is 8.57. The van der Waals surface area contributed by atoms with Gasteiger partial charge in [-0.2, -0.15) is 0 Å². The van der Waals surface area contributed by atoms with Crippen molar-refractivity contribution in [2.75, 3.05) is 0 Å². The predicted molar refractivity (Wildman–Crippen MR) is 58.9 cm³/mol. The van der Waals surface area contributed by atoms with Crippen LogP contribution in [0.3, 0.4) is 0 Å². The van der Waals surface area contributed by atoms with E-state index in [9.17, 15) is 0 Å². The summed E-state index contributed by atoms with van der Waals surface area (Å²) in [6.07, 6.45) is 5.67. The molecule has 0 aromatic rings. The molecular formula is C11H18Si. The van der Waals surface area contributed by atoms with Crippen molar-refractivity contribution in [3.63, 3.8) is 0 Å². The van der Waals surface area contributed by atoms with Gasteiger partial charge in [-0.15, -0.1) is 0 Å². The quantitative estimate of drug-likeness (QED) is 0.566. The van der Waals surface area contributed by atoms with Crippen molar-refractivity contribution < 1.29 is 0 Å². The van der Waals surface area contributed by atoms with Crippen LogP contribution in [-0.2, 0) is 0 Å². The van der Waals surface area contributed by atoms with Crippen molar-refractivity contribution in [2.24, 2.45) is 0 Å². The molecule has 1 heteroatoms. The molecule has 0 heterocycles. The topological polar surface area (TPSA) is 0 Å². The molecule has 1 aliphatic carbocycles. The molecule has 66 valence electrons. The van der Waals surface area contributed by atoms with Crippen LogP contribution in [0.1, 0.15) is 13.3 Å². The summed E-state index contributed by atoms with van der Waals surface area (Å²) in [5.74, 6) is 0. The largest absolute Gasteiger partial charge is 0.0958 e. The van der Waals surface area contributed by atoms with Crippen LogP contribution in [-0.4, -0.2) is 8.07 Å². The Morgan fingerprint density at radius 2 is 2.00 bits per heavy atom. The summed E-state index contributed by atoms with van der Waals surface area (Å²) >= 11 is 0. The zero-order valence-corrected chi connectivity index (χ0v) is 9.57. The first kappa shape index (κ1) is 9.52. The molecule has 0 aromatic heterocycles.